The molecule has 1 aliphatic heterocycles. The zero-order chi connectivity index (χ0) is 20.5. The van der Waals surface area contributed by atoms with Crippen LogP contribution in [0.5, 0.6) is 17.4 Å². The van der Waals surface area contributed by atoms with Crippen molar-refractivity contribution in [2.45, 2.75) is 25.7 Å². The molecule has 1 fully saturated rings. The second-order valence-electron chi connectivity index (χ2n) is 6.74. The first-order valence-corrected chi connectivity index (χ1v) is 9.61. The van der Waals surface area contributed by atoms with E-state index in [4.69, 9.17) is 21.0 Å². The summed E-state index contributed by atoms with van der Waals surface area (Å²) in [5.74, 6) is 4.44. The smallest absolute Gasteiger partial charge is 0.407 e. The molecule has 2 aromatic rings. The van der Waals surface area contributed by atoms with Crippen molar-refractivity contribution in [1.29, 1.82) is 0 Å². The number of hydrogen-bond acceptors (Lipinski definition) is 4. The van der Waals surface area contributed by atoms with Gasteiger partial charge in [0.2, 0.25) is 5.88 Å². The van der Waals surface area contributed by atoms with Gasteiger partial charge >= 0.3 is 6.09 Å². The maximum absolute atomic E-state index is 11.0. The molecule has 150 valence electrons. The SMILES string of the molecule is C#CCCCOc1ccc(Oc2cccc(C=C3CCN(C(=O)O)CC3)c2)nc1. The van der Waals surface area contributed by atoms with Crippen molar-refractivity contribution in [1.82, 2.24) is 9.88 Å². The molecular weight excluding hydrogens is 368 g/mol. The Balaban J connectivity index is 1.57. The van der Waals surface area contributed by atoms with Crippen molar-refractivity contribution < 1.29 is 19.4 Å². The molecule has 0 saturated carbocycles. The molecule has 0 aliphatic carbocycles. The third kappa shape index (κ3) is 6.28. The largest absolute Gasteiger partial charge is 0.492 e. The molecule has 6 nitrogen and oxygen atoms in total. The quantitative estimate of drug-likeness (QED) is 0.540. The minimum Gasteiger partial charge on any atom is -0.492 e. The van der Waals surface area contributed by atoms with Crippen LogP contribution in [0.4, 0.5) is 4.79 Å². The number of aromatic nitrogens is 1. The van der Waals surface area contributed by atoms with E-state index < -0.39 is 6.09 Å². The number of carboxylic acid groups (broad SMARTS) is 1. The normalized spacial score (nSPS) is 13.5. The Bertz CT molecular complexity index is 890. The highest BCUT2D eigenvalue weighted by Crippen LogP contribution is 2.25. The van der Waals surface area contributed by atoms with Crippen LogP contribution in [-0.2, 0) is 0 Å². The summed E-state index contributed by atoms with van der Waals surface area (Å²) in [4.78, 5) is 16.7. The lowest BCUT2D eigenvalue weighted by Crippen LogP contribution is -2.35. The number of benzene rings is 1. The Morgan fingerprint density at radius 3 is 2.76 bits per heavy atom. The van der Waals surface area contributed by atoms with Gasteiger partial charge in [-0.1, -0.05) is 23.8 Å². The number of pyridine rings is 1. The predicted molar refractivity (Wildman–Crippen MR) is 111 cm³/mol. The highest BCUT2D eigenvalue weighted by molar-refractivity contribution is 5.65. The van der Waals surface area contributed by atoms with E-state index >= 15 is 0 Å². The summed E-state index contributed by atoms with van der Waals surface area (Å²) >= 11 is 0. The molecule has 2 heterocycles. The second-order valence-corrected chi connectivity index (χ2v) is 6.74. The summed E-state index contributed by atoms with van der Waals surface area (Å²) in [7, 11) is 0. The third-order valence-electron chi connectivity index (χ3n) is 4.57. The Morgan fingerprint density at radius 2 is 2.07 bits per heavy atom. The molecule has 1 N–H and O–H groups in total. The standard InChI is InChI=1S/C23H24N2O4/c1-2-3-4-14-28-21-8-9-22(24-17-21)29-20-7-5-6-19(16-20)15-18-10-12-25(13-11-18)23(26)27/h1,5-9,15-17H,3-4,10-14H2,(H,26,27). The number of unbranched alkanes of at least 4 members (excludes halogenated alkanes) is 1. The van der Waals surface area contributed by atoms with Gasteiger partial charge in [-0.2, -0.15) is 0 Å². The molecule has 1 saturated heterocycles. The maximum Gasteiger partial charge on any atom is 0.407 e. The number of rotatable bonds is 7. The number of amides is 1. The number of nitrogens with zero attached hydrogens (tertiary/aromatic N) is 2. The van der Waals surface area contributed by atoms with Gasteiger partial charge in [0.05, 0.1) is 12.8 Å². The lowest BCUT2D eigenvalue weighted by Gasteiger charge is -2.25. The Morgan fingerprint density at radius 1 is 1.24 bits per heavy atom. The number of ether oxygens (including phenoxy) is 2. The van der Waals surface area contributed by atoms with Gasteiger partial charge < -0.3 is 19.5 Å². The summed E-state index contributed by atoms with van der Waals surface area (Å²) < 4.78 is 11.4. The number of terminal acetylenes is 1. The van der Waals surface area contributed by atoms with E-state index in [1.807, 2.05) is 30.3 Å². The van der Waals surface area contributed by atoms with E-state index in [0.717, 1.165) is 24.8 Å². The molecule has 0 spiro atoms. The molecule has 1 aliphatic rings. The molecule has 0 atom stereocenters. The van der Waals surface area contributed by atoms with Crippen LogP contribution in [0.1, 0.15) is 31.2 Å². The summed E-state index contributed by atoms with van der Waals surface area (Å²) in [5, 5.41) is 9.04. The summed E-state index contributed by atoms with van der Waals surface area (Å²) in [5.41, 5.74) is 2.26. The van der Waals surface area contributed by atoms with E-state index in [1.54, 1.807) is 12.3 Å². The van der Waals surface area contributed by atoms with Crippen LogP contribution in [0.15, 0.2) is 48.2 Å². The minimum absolute atomic E-state index is 0.487. The molecule has 29 heavy (non-hydrogen) atoms. The van der Waals surface area contributed by atoms with E-state index in [2.05, 4.69) is 17.0 Å². The zero-order valence-corrected chi connectivity index (χ0v) is 16.2. The second kappa shape index (κ2) is 10.2. The Hall–Kier alpha value is -3.46. The molecule has 3 rings (SSSR count). The summed E-state index contributed by atoms with van der Waals surface area (Å²) in [6.07, 6.45) is 11.1. The fraction of sp³-hybridized carbons (Fsp3) is 0.304. The lowest BCUT2D eigenvalue weighted by atomic mass is 10.0. The molecule has 0 unspecified atom stereocenters. The number of piperidine rings is 1. The van der Waals surface area contributed by atoms with Gasteiger partial charge in [-0.15, -0.1) is 12.3 Å². The van der Waals surface area contributed by atoms with Crippen molar-refractivity contribution in [3.05, 3.63) is 53.7 Å². The van der Waals surface area contributed by atoms with E-state index in [-0.39, 0.29) is 0 Å². The Labute approximate surface area is 170 Å². The summed E-state index contributed by atoms with van der Waals surface area (Å²) in [6, 6.07) is 11.3. The van der Waals surface area contributed by atoms with Crippen LogP contribution in [0.2, 0.25) is 0 Å². The van der Waals surface area contributed by atoms with Crippen molar-refractivity contribution in [2.75, 3.05) is 19.7 Å². The van der Waals surface area contributed by atoms with Crippen LogP contribution in [0.25, 0.3) is 6.08 Å². The predicted octanol–water partition coefficient (Wildman–Crippen LogP) is 4.82. The van der Waals surface area contributed by atoms with Crippen molar-refractivity contribution in [3.8, 4) is 29.7 Å². The van der Waals surface area contributed by atoms with Crippen molar-refractivity contribution in [3.63, 3.8) is 0 Å². The molecular formula is C23H24N2O4. The summed E-state index contributed by atoms with van der Waals surface area (Å²) in [6.45, 7) is 1.64. The average Bonchev–Trinajstić information content (AvgIpc) is 2.73. The monoisotopic (exact) mass is 392 g/mol. The topological polar surface area (TPSA) is 71.9 Å². The van der Waals surface area contributed by atoms with Crippen LogP contribution in [-0.4, -0.2) is 40.8 Å². The highest BCUT2D eigenvalue weighted by Gasteiger charge is 2.17. The first-order chi connectivity index (χ1) is 14.1. The van der Waals surface area contributed by atoms with Gasteiger partial charge in [0.25, 0.3) is 0 Å². The molecule has 1 aromatic carbocycles. The van der Waals surface area contributed by atoms with Crippen LogP contribution in [0, 0.1) is 12.3 Å². The molecule has 1 aromatic heterocycles. The van der Waals surface area contributed by atoms with Gasteiger partial charge in [-0.3, -0.25) is 0 Å². The van der Waals surface area contributed by atoms with E-state index in [1.165, 1.54) is 10.5 Å². The number of carbonyl (C=O) groups is 1. The van der Waals surface area contributed by atoms with Crippen LogP contribution in [0.3, 0.4) is 0 Å². The van der Waals surface area contributed by atoms with Crippen molar-refractivity contribution in [2.24, 2.45) is 0 Å². The molecule has 6 heteroatoms. The van der Waals surface area contributed by atoms with Gasteiger partial charge in [0.15, 0.2) is 0 Å². The zero-order valence-electron chi connectivity index (χ0n) is 16.2. The molecule has 1 amide bonds. The van der Waals surface area contributed by atoms with Gasteiger partial charge in [-0.25, -0.2) is 9.78 Å². The van der Waals surface area contributed by atoms with Crippen molar-refractivity contribution >= 4 is 12.2 Å². The van der Waals surface area contributed by atoms with Crippen LogP contribution >= 0.6 is 0 Å². The Kier molecular flexibility index (Phi) is 7.12. The maximum atomic E-state index is 11.0. The van der Waals surface area contributed by atoms with Gasteiger partial charge in [-0.05, 0) is 43.0 Å². The van der Waals surface area contributed by atoms with E-state index in [0.29, 0.717) is 43.5 Å². The van der Waals surface area contributed by atoms with E-state index in [9.17, 15) is 4.79 Å². The van der Waals surface area contributed by atoms with Crippen LogP contribution < -0.4 is 9.47 Å². The fourth-order valence-electron chi connectivity index (χ4n) is 3.03. The first kappa shape index (κ1) is 20.3. The minimum atomic E-state index is -0.851. The molecule has 0 bridgehead atoms. The average molecular weight is 392 g/mol. The van der Waals surface area contributed by atoms with Gasteiger partial charge in [0, 0.05) is 25.6 Å². The third-order valence-corrected chi connectivity index (χ3v) is 4.57. The van der Waals surface area contributed by atoms with Gasteiger partial charge in [0.1, 0.15) is 11.5 Å². The lowest BCUT2D eigenvalue weighted by molar-refractivity contribution is 0.142. The first-order valence-electron chi connectivity index (χ1n) is 9.61. The number of likely N-dealkylation sites (tertiary alicyclic amines) is 1. The highest BCUT2D eigenvalue weighted by atomic mass is 16.5. The number of hydrogen-bond donors (Lipinski definition) is 1. The fourth-order valence-corrected chi connectivity index (χ4v) is 3.03. The molecule has 0 radical (unpaired) electrons.